The van der Waals surface area contributed by atoms with Crippen molar-refractivity contribution in [2.75, 3.05) is 38.6 Å². The number of piperidine rings is 1. The molecule has 1 aromatic heterocycles. The molecule has 1 aliphatic carbocycles. The molecule has 144 valence electrons. The van der Waals surface area contributed by atoms with Gasteiger partial charge in [0.25, 0.3) is 0 Å². The number of nitrogens with zero attached hydrogens (tertiary/aromatic N) is 4. The lowest BCUT2D eigenvalue weighted by molar-refractivity contribution is -0.125. The van der Waals surface area contributed by atoms with E-state index in [2.05, 4.69) is 39.2 Å². The minimum absolute atomic E-state index is 0.0377. The fourth-order valence-corrected chi connectivity index (χ4v) is 4.42. The third-order valence-corrected chi connectivity index (χ3v) is 6.24. The second kappa shape index (κ2) is 8.80. The van der Waals surface area contributed by atoms with Crippen LogP contribution < -0.4 is 10.2 Å². The monoisotopic (exact) mass is 359 g/mol. The zero-order valence-corrected chi connectivity index (χ0v) is 16.3. The minimum atomic E-state index is 0.0377. The first-order valence-corrected chi connectivity index (χ1v) is 10.1. The van der Waals surface area contributed by atoms with E-state index < -0.39 is 0 Å². The standard InChI is InChI=1S/C20H33N5O/c1-24(2)20(9-5-3-4-6-10-20)16-23-19(26)17-8-7-13-25(15-17)18-14-21-11-12-22-18/h11-12,14,17H,3-10,13,15-16H2,1-2H3,(H,23,26). The largest absolute Gasteiger partial charge is 0.355 e. The Labute approximate surface area is 157 Å². The molecule has 0 aromatic carbocycles. The van der Waals surface area contributed by atoms with Gasteiger partial charge in [0.2, 0.25) is 5.91 Å². The van der Waals surface area contributed by atoms with Crippen molar-refractivity contribution in [2.45, 2.75) is 56.9 Å². The van der Waals surface area contributed by atoms with Crippen LogP contribution in [0.1, 0.15) is 51.4 Å². The molecule has 1 atom stereocenters. The van der Waals surface area contributed by atoms with E-state index in [1.54, 1.807) is 18.6 Å². The lowest BCUT2D eigenvalue weighted by Crippen LogP contribution is -2.54. The number of hydrogen-bond donors (Lipinski definition) is 1. The molecule has 1 saturated carbocycles. The number of amides is 1. The van der Waals surface area contributed by atoms with E-state index in [1.165, 1.54) is 38.5 Å². The summed E-state index contributed by atoms with van der Waals surface area (Å²) in [4.78, 5) is 25.9. The van der Waals surface area contributed by atoms with Gasteiger partial charge in [-0.1, -0.05) is 25.7 Å². The fourth-order valence-electron chi connectivity index (χ4n) is 4.42. The lowest BCUT2D eigenvalue weighted by atomic mass is 9.88. The quantitative estimate of drug-likeness (QED) is 0.819. The average molecular weight is 360 g/mol. The van der Waals surface area contributed by atoms with Crippen molar-refractivity contribution >= 4 is 11.7 Å². The Bertz CT molecular complexity index is 569. The molecule has 6 nitrogen and oxygen atoms in total. The molecular formula is C20H33N5O. The first-order chi connectivity index (χ1) is 12.6. The van der Waals surface area contributed by atoms with Crippen LogP contribution in [0.15, 0.2) is 18.6 Å². The molecular weight excluding hydrogens is 326 g/mol. The Balaban J connectivity index is 1.58. The van der Waals surface area contributed by atoms with Gasteiger partial charge in [-0.15, -0.1) is 0 Å². The summed E-state index contributed by atoms with van der Waals surface area (Å²) in [7, 11) is 4.32. The maximum atomic E-state index is 12.9. The van der Waals surface area contributed by atoms with Crippen molar-refractivity contribution in [3.63, 3.8) is 0 Å². The molecule has 0 spiro atoms. The Morgan fingerprint density at radius 1 is 1.23 bits per heavy atom. The van der Waals surface area contributed by atoms with E-state index in [-0.39, 0.29) is 17.4 Å². The second-order valence-electron chi connectivity index (χ2n) is 8.10. The molecule has 1 aliphatic heterocycles. The molecule has 0 bridgehead atoms. The van der Waals surface area contributed by atoms with Crippen molar-refractivity contribution in [1.29, 1.82) is 0 Å². The first-order valence-electron chi connectivity index (χ1n) is 10.1. The van der Waals surface area contributed by atoms with E-state index in [0.717, 1.165) is 38.3 Å². The topological polar surface area (TPSA) is 61.4 Å². The van der Waals surface area contributed by atoms with Gasteiger partial charge in [-0.3, -0.25) is 9.78 Å². The van der Waals surface area contributed by atoms with Crippen molar-refractivity contribution < 1.29 is 4.79 Å². The van der Waals surface area contributed by atoms with Crippen LogP contribution in [0.5, 0.6) is 0 Å². The van der Waals surface area contributed by atoms with Crippen LogP contribution in [0.25, 0.3) is 0 Å². The highest BCUT2D eigenvalue weighted by Gasteiger charge is 2.35. The Kier molecular flexibility index (Phi) is 6.46. The van der Waals surface area contributed by atoms with Crippen LogP contribution in [0.4, 0.5) is 5.82 Å². The molecule has 6 heteroatoms. The van der Waals surface area contributed by atoms with Gasteiger partial charge in [0, 0.05) is 37.6 Å². The Morgan fingerprint density at radius 3 is 2.65 bits per heavy atom. The lowest BCUT2D eigenvalue weighted by Gasteiger charge is -2.40. The van der Waals surface area contributed by atoms with Crippen LogP contribution in [-0.2, 0) is 4.79 Å². The molecule has 2 heterocycles. The number of aromatic nitrogens is 2. The molecule has 0 radical (unpaired) electrons. The summed E-state index contributed by atoms with van der Waals surface area (Å²) >= 11 is 0. The van der Waals surface area contributed by atoms with Crippen molar-refractivity contribution in [3.05, 3.63) is 18.6 Å². The maximum Gasteiger partial charge on any atom is 0.224 e. The van der Waals surface area contributed by atoms with Gasteiger partial charge in [-0.2, -0.15) is 0 Å². The minimum Gasteiger partial charge on any atom is -0.355 e. The highest BCUT2D eigenvalue weighted by Crippen LogP contribution is 2.31. The van der Waals surface area contributed by atoms with Gasteiger partial charge in [0.15, 0.2) is 0 Å². The number of nitrogens with one attached hydrogen (secondary N) is 1. The summed E-state index contributed by atoms with van der Waals surface area (Å²) in [6.07, 6.45) is 14.7. The highest BCUT2D eigenvalue weighted by molar-refractivity contribution is 5.79. The van der Waals surface area contributed by atoms with Crippen LogP contribution >= 0.6 is 0 Å². The number of hydrogen-bond acceptors (Lipinski definition) is 5. The van der Waals surface area contributed by atoms with E-state index in [0.29, 0.717) is 0 Å². The molecule has 1 unspecified atom stereocenters. The second-order valence-corrected chi connectivity index (χ2v) is 8.10. The number of likely N-dealkylation sites (N-methyl/N-ethyl adjacent to an activating group) is 1. The normalized spacial score (nSPS) is 23.5. The fraction of sp³-hybridized carbons (Fsp3) is 0.750. The third kappa shape index (κ3) is 4.53. The van der Waals surface area contributed by atoms with Gasteiger partial charge >= 0.3 is 0 Å². The summed E-state index contributed by atoms with van der Waals surface area (Å²) in [5.74, 6) is 1.11. The predicted molar refractivity (Wildman–Crippen MR) is 104 cm³/mol. The van der Waals surface area contributed by atoms with Gasteiger partial charge in [0.05, 0.1) is 12.1 Å². The molecule has 2 fully saturated rings. The molecule has 26 heavy (non-hydrogen) atoms. The highest BCUT2D eigenvalue weighted by atomic mass is 16.1. The number of anilines is 1. The summed E-state index contributed by atoms with van der Waals surface area (Å²) in [5, 5.41) is 3.30. The first kappa shape index (κ1) is 19.1. The number of carbonyl (C=O) groups is 1. The van der Waals surface area contributed by atoms with E-state index >= 15 is 0 Å². The van der Waals surface area contributed by atoms with Crippen molar-refractivity contribution in [3.8, 4) is 0 Å². The predicted octanol–water partition coefficient (Wildman–Crippen LogP) is 2.46. The van der Waals surface area contributed by atoms with Gasteiger partial charge in [-0.05, 0) is 39.8 Å². The molecule has 1 N–H and O–H groups in total. The van der Waals surface area contributed by atoms with E-state index in [9.17, 15) is 4.79 Å². The SMILES string of the molecule is CN(C)C1(CNC(=O)C2CCCN(c3cnccn3)C2)CCCCCC1. The molecule has 1 saturated heterocycles. The summed E-state index contributed by atoms with van der Waals surface area (Å²) in [6, 6.07) is 0. The van der Waals surface area contributed by atoms with E-state index in [1.807, 2.05) is 0 Å². The summed E-state index contributed by atoms with van der Waals surface area (Å²) < 4.78 is 0. The van der Waals surface area contributed by atoms with Crippen LogP contribution in [0.2, 0.25) is 0 Å². The molecule has 1 aromatic rings. The van der Waals surface area contributed by atoms with Gasteiger partial charge in [-0.25, -0.2) is 4.98 Å². The van der Waals surface area contributed by atoms with Crippen LogP contribution in [-0.4, -0.2) is 60.0 Å². The van der Waals surface area contributed by atoms with Crippen LogP contribution in [0.3, 0.4) is 0 Å². The molecule has 2 aliphatic rings. The average Bonchev–Trinajstić information content (AvgIpc) is 2.93. The third-order valence-electron chi connectivity index (χ3n) is 6.24. The number of rotatable bonds is 5. The smallest absolute Gasteiger partial charge is 0.224 e. The molecule has 1 amide bonds. The summed E-state index contributed by atoms with van der Waals surface area (Å²) in [5.41, 5.74) is 0.116. The summed E-state index contributed by atoms with van der Waals surface area (Å²) in [6.45, 7) is 2.45. The number of carbonyl (C=O) groups excluding carboxylic acids is 1. The van der Waals surface area contributed by atoms with Crippen molar-refractivity contribution in [2.24, 2.45) is 5.92 Å². The molecule has 3 rings (SSSR count). The Morgan fingerprint density at radius 2 is 2.00 bits per heavy atom. The zero-order chi connectivity index (χ0) is 18.4. The van der Waals surface area contributed by atoms with Gasteiger partial charge in [0.1, 0.15) is 5.82 Å². The van der Waals surface area contributed by atoms with Gasteiger partial charge < -0.3 is 15.1 Å². The Hall–Kier alpha value is -1.69. The zero-order valence-electron chi connectivity index (χ0n) is 16.3. The maximum absolute atomic E-state index is 12.9. The van der Waals surface area contributed by atoms with Crippen LogP contribution in [0, 0.1) is 5.92 Å². The van der Waals surface area contributed by atoms with Crippen molar-refractivity contribution in [1.82, 2.24) is 20.2 Å². The van der Waals surface area contributed by atoms with E-state index in [4.69, 9.17) is 0 Å².